The molecule has 1 heterocycles. The van der Waals surface area contributed by atoms with Crippen molar-refractivity contribution >= 4 is 0 Å². The molecule has 0 aliphatic heterocycles. The van der Waals surface area contributed by atoms with Crippen LogP contribution in [0.4, 0.5) is 0 Å². The third-order valence-electron chi connectivity index (χ3n) is 2.09. The Morgan fingerprint density at radius 2 is 2.20 bits per heavy atom. The van der Waals surface area contributed by atoms with Gasteiger partial charge in [-0.2, -0.15) is 0 Å². The van der Waals surface area contributed by atoms with Gasteiger partial charge in [-0.3, -0.25) is 4.79 Å². The maximum Gasteiger partial charge on any atom is 0.292 e. The van der Waals surface area contributed by atoms with Crippen molar-refractivity contribution in [2.24, 2.45) is 0 Å². The Bertz CT molecular complexity index is 382. The van der Waals surface area contributed by atoms with Crippen molar-refractivity contribution in [3.05, 3.63) is 28.7 Å². The van der Waals surface area contributed by atoms with Gasteiger partial charge in [-0.05, 0) is 32.9 Å². The van der Waals surface area contributed by atoms with Gasteiger partial charge in [-0.1, -0.05) is 0 Å². The summed E-state index contributed by atoms with van der Waals surface area (Å²) in [5.74, 6) is -0.232. The molecule has 84 valence electrons. The summed E-state index contributed by atoms with van der Waals surface area (Å²) in [4.78, 5) is 11.5. The Kier molecular flexibility index (Phi) is 3.52. The Balaban J connectivity index is 2.90. The Hall–Kier alpha value is -1.29. The molecular formula is C11H17NO3. The first-order valence-electron chi connectivity index (χ1n) is 4.98. The SMILES string of the molecule is CCOC(C)(C)Cn1cccc(O)c1=O. The van der Waals surface area contributed by atoms with E-state index in [-0.39, 0.29) is 11.3 Å². The molecule has 0 aromatic carbocycles. The van der Waals surface area contributed by atoms with E-state index in [2.05, 4.69) is 0 Å². The molecule has 1 rings (SSSR count). The minimum atomic E-state index is -0.410. The van der Waals surface area contributed by atoms with Crippen LogP contribution in [0.15, 0.2) is 23.1 Å². The topological polar surface area (TPSA) is 51.5 Å². The van der Waals surface area contributed by atoms with Crippen LogP contribution in [0.2, 0.25) is 0 Å². The lowest BCUT2D eigenvalue weighted by atomic mass is 10.1. The van der Waals surface area contributed by atoms with E-state index in [0.717, 1.165) is 0 Å². The fourth-order valence-electron chi connectivity index (χ4n) is 1.50. The number of ether oxygens (including phenoxy) is 1. The van der Waals surface area contributed by atoms with Crippen molar-refractivity contribution in [2.75, 3.05) is 6.61 Å². The second kappa shape index (κ2) is 4.49. The summed E-state index contributed by atoms with van der Waals surface area (Å²) in [5, 5.41) is 9.25. The first kappa shape index (κ1) is 11.8. The smallest absolute Gasteiger partial charge is 0.292 e. The van der Waals surface area contributed by atoms with Crippen LogP contribution < -0.4 is 5.56 Å². The highest BCUT2D eigenvalue weighted by Crippen LogP contribution is 2.11. The highest BCUT2D eigenvalue weighted by molar-refractivity contribution is 5.15. The molecule has 0 spiro atoms. The standard InChI is InChI=1S/C11H17NO3/c1-4-15-11(2,3)8-12-7-5-6-9(13)10(12)14/h5-7,13H,4,8H2,1-3H3. The number of nitrogens with zero attached hydrogens (tertiary/aromatic N) is 1. The van der Waals surface area contributed by atoms with Gasteiger partial charge in [0, 0.05) is 12.8 Å². The quantitative estimate of drug-likeness (QED) is 0.818. The van der Waals surface area contributed by atoms with Gasteiger partial charge >= 0.3 is 0 Å². The van der Waals surface area contributed by atoms with Crippen molar-refractivity contribution in [3.63, 3.8) is 0 Å². The van der Waals surface area contributed by atoms with Crippen molar-refractivity contribution in [1.29, 1.82) is 0 Å². The fraction of sp³-hybridized carbons (Fsp3) is 0.545. The summed E-state index contributed by atoms with van der Waals surface area (Å²) in [6.45, 7) is 6.75. The van der Waals surface area contributed by atoms with E-state index >= 15 is 0 Å². The molecule has 0 unspecified atom stereocenters. The monoisotopic (exact) mass is 211 g/mol. The van der Waals surface area contributed by atoms with E-state index in [4.69, 9.17) is 4.74 Å². The number of rotatable bonds is 4. The first-order chi connectivity index (χ1) is 6.96. The zero-order valence-electron chi connectivity index (χ0n) is 9.36. The van der Waals surface area contributed by atoms with Gasteiger partial charge in [0.1, 0.15) is 0 Å². The molecule has 1 aromatic rings. The zero-order valence-corrected chi connectivity index (χ0v) is 9.36. The summed E-state index contributed by atoms with van der Waals surface area (Å²) in [7, 11) is 0. The third kappa shape index (κ3) is 3.09. The molecule has 15 heavy (non-hydrogen) atoms. The van der Waals surface area contributed by atoms with Crippen molar-refractivity contribution in [3.8, 4) is 5.75 Å². The molecule has 0 saturated carbocycles. The molecular weight excluding hydrogens is 194 g/mol. The van der Waals surface area contributed by atoms with Gasteiger partial charge in [0.05, 0.1) is 12.1 Å². The predicted octanol–water partition coefficient (Wildman–Crippen LogP) is 1.37. The molecule has 1 aromatic heterocycles. The lowest BCUT2D eigenvalue weighted by molar-refractivity contribution is -0.0231. The lowest BCUT2D eigenvalue weighted by Crippen LogP contribution is -2.34. The second-order valence-corrected chi connectivity index (χ2v) is 4.02. The maximum absolute atomic E-state index is 11.5. The van der Waals surface area contributed by atoms with Crippen LogP contribution in [-0.4, -0.2) is 21.9 Å². The van der Waals surface area contributed by atoms with Gasteiger partial charge in [-0.25, -0.2) is 0 Å². The molecule has 4 nitrogen and oxygen atoms in total. The van der Waals surface area contributed by atoms with Crippen LogP contribution in [0, 0.1) is 0 Å². The van der Waals surface area contributed by atoms with Crippen LogP contribution >= 0.6 is 0 Å². The molecule has 0 aliphatic carbocycles. The van der Waals surface area contributed by atoms with E-state index in [1.54, 1.807) is 12.3 Å². The molecule has 0 bridgehead atoms. The second-order valence-electron chi connectivity index (χ2n) is 4.02. The number of pyridine rings is 1. The summed E-state index contributed by atoms with van der Waals surface area (Å²) >= 11 is 0. The number of aromatic nitrogens is 1. The Morgan fingerprint density at radius 1 is 1.53 bits per heavy atom. The van der Waals surface area contributed by atoms with E-state index < -0.39 is 5.60 Å². The summed E-state index contributed by atoms with van der Waals surface area (Å²) < 4.78 is 6.94. The van der Waals surface area contributed by atoms with Crippen LogP contribution in [-0.2, 0) is 11.3 Å². The van der Waals surface area contributed by atoms with Gasteiger partial charge in [0.2, 0.25) is 0 Å². The van der Waals surface area contributed by atoms with Crippen LogP contribution in [0.3, 0.4) is 0 Å². The largest absolute Gasteiger partial charge is 0.503 e. The zero-order chi connectivity index (χ0) is 11.5. The molecule has 0 aliphatic rings. The normalized spacial score (nSPS) is 11.7. The molecule has 0 fully saturated rings. The first-order valence-corrected chi connectivity index (χ1v) is 4.98. The van der Waals surface area contributed by atoms with Gasteiger partial charge < -0.3 is 14.4 Å². The van der Waals surface area contributed by atoms with Gasteiger partial charge in [0.15, 0.2) is 5.75 Å². The molecule has 4 heteroatoms. The molecule has 0 amide bonds. The average Bonchev–Trinajstić information content (AvgIpc) is 2.12. The van der Waals surface area contributed by atoms with Crippen LogP contribution in [0.5, 0.6) is 5.75 Å². The van der Waals surface area contributed by atoms with E-state index in [1.807, 2.05) is 20.8 Å². The highest BCUT2D eigenvalue weighted by Gasteiger charge is 2.19. The molecule has 0 atom stereocenters. The molecule has 1 N–H and O–H groups in total. The minimum absolute atomic E-state index is 0.232. The number of aromatic hydroxyl groups is 1. The molecule has 0 radical (unpaired) electrons. The summed E-state index contributed by atoms with van der Waals surface area (Å²) in [5.41, 5.74) is -0.794. The van der Waals surface area contributed by atoms with Crippen molar-refractivity contribution in [2.45, 2.75) is 32.9 Å². The summed E-state index contributed by atoms with van der Waals surface area (Å²) in [6, 6.07) is 3.02. The Labute approximate surface area is 89.1 Å². The molecule has 0 saturated heterocycles. The summed E-state index contributed by atoms with van der Waals surface area (Å²) in [6.07, 6.45) is 1.64. The van der Waals surface area contributed by atoms with Gasteiger partial charge in [0.25, 0.3) is 5.56 Å². The third-order valence-corrected chi connectivity index (χ3v) is 2.09. The van der Waals surface area contributed by atoms with Crippen LogP contribution in [0.1, 0.15) is 20.8 Å². The van der Waals surface area contributed by atoms with Crippen LogP contribution in [0.25, 0.3) is 0 Å². The predicted molar refractivity (Wildman–Crippen MR) is 58.1 cm³/mol. The lowest BCUT2D eigenvalue weighted by Gasteiger charge is -2.25. The Morgan fingerprint density at radius 3 is 2.80 bits per heavy atom. The van der Waals surface area contributed by atoms with Crippen molar-refractivity contribution in [1.82, 2.24) is 4.57 Å². The average molecular weight is 211 g/mol. The fourth-order valence-corrected chi connectivity index (χ4v) is 1.50. The highest BCUT2D eigenvalue weighted by atomic mass is 16.5. The van der Waals surface area contributed by atoms with E-state index in [1.165, 1.54) is 10.6 Å². The maximum atomic E-state index is 11.5. The van der Waals surface area contributed by atoms with Crippen molar-refractivity contribution < 1.29 is 9.84 Å². The van der Waals surface area contributed by atoms with Gasteiger partial charge in [-0.15, -0.1) is 0 Å². The number of hydrogen-bond donors (Lipinski definition) is 1. The number of hydrogen-bond acceptors (Lipinski definition) is 3. The van der Waals surface area contributed by atoms with E-state index in [9.17, 15) is 9.90 Å². The van der Waals surface area contributed by atoms with E-state index in [0.29, 0.717) is 13.2 Å². The minimum Gasteiger partial charge on any atom is -0.503 e.